The molecule has 1 aromatic heterocycles. The van der Waals surface area contributed by atoms with Crippen LogP contribution in [0.3, 0.4) is 0 Å². The second-order valence-electron chi connectivity index (χ2n) is 9.75. The third kappa shape index (κ3) is 8.28. The van der Waals surface area contributed by atoms with Crippen LogP contribution in [-0.2, 0) is 16.1 Å². The van der Waals surface area contributed by atoms with Crippen LogP contribution in [0.25, 0.3) is 0 Å². The van der Waals surface area contributed by atoms with Crippen molar-refractivity contribution in [1.29, 1.82) is 0 Å². The van der Waals surface area contributed by atoms with Crippen molar-refractivity contribution in [2.24, 2.45) is 0 Å². The highest BCUT2D eigenvalue weighted by Crippen LogP contribution is 2.28. The Morgan fingerprint density at radius 2 is 1.54 bits per heavy atom. The maximum Gasteiger partial charge on any atom is 0.251 e. The van der Waals surface area contributed by atoms with E-state index < -0.39 is 17.8 Å². The molecular formula is C31H31ClFN5O2S. The molecule has 3 aromatic carbocycles. The Hall–Kier alpha value is -3.95. The molecule has 1 atom stereocenters. The van der Waals surface area contributed by atoms with Crippen LogP contribution in [0.15, 0.2) is 84.0 Å². The maximum absolute atomic E-state index is 13.9. The number of thioether (sulfide) groups is 1. The first kappa shape index (κ1) is 30.0. The van der Waals surface area contributed by atoms with Crippen molar-refractivity contribution in [3.8, 4) is 0 Å². The second-order valence-corrected chi connectivity index (χ2v) is 11.1. The summed E-state index contributed by atoms with van der Waals surface area (Å²) in [5.41, 5.74) is 4.41. The fourth-order valence-electron chi connectivity index (χ4n) is 4.25. The molecule has 0 radical (unpaired) electrons. The van der Waals surface area contributed by atoms with Gasteiger partial charge in [-0.05, 0) is 79.6 Å². The van der Waals surface area contributed by atoms with Crippen LogP contribution in [0.1, 0.15) is 28.6 Å². The van der Waals surface area contributed by atoms with E-state index in [1.165, 1.54) is 40.9 Å². The lowest BCUT2D eigenvalue weighted by Gasteiger charge is -2.31. The molecule has 212 valence electrons. The van der Waals surface area contributed by atoms with Crippen molar-refractivity contribution < 1.29 is 14.0 Å². The Morgan fingerprint density at radius 3 is 2.12 bits per heavy atom. The van der Waals surface area contributed by atoms with Crippen molar-refractivity contribution in [1.82, 2.24) is 14.9 Å². The molecule has 0 aliphatic carbocycles. The van der Waals surface area contributed by atoms with Crippen LogP contribution in [0, 0.1) is 19.7 Å². The molecule has 1 heterocycles. The van der Waals surface area contributed by atoms with E-state index in [1.807, 2.05) is 63.2 Å². The maximum atomic E-state index is 13.9. The zero-order valence-electron chi connectivity index (χ0n) is 23.3. The number of rotatable bonds is 10. The number of aromatic nitrogens is 2. The molecule has 10 heteroatoms. The van der Waals surface area contributed by atoms with E-state index in [4.69, 9.17) is 11.6 Å². The molecule has 0 aliphatic rings. The normalized spacial score (nSPS) is 11.6. The minimum atomic E-state index is -1.05. The van der Waals surface area contributed by atoms with Crippen molar-refractivity contribution in [3.05, 3.63) is 112 Å². The van der Waals surface area contributed by atoms with Gasteiger partial charge in [0.1, 0.15) is 11.9 Å². The highest BCUT2D eigenvalue weighted by atomic mass is 35.5. The van der Waals surface area contributed by atoms with Crippen molar-refractivity contribution in [2.75, 3.05) is 30.1 Å². The average Bonchev–Trinajstić information content (AvgIpc) is 2.93. The van der Waals surface area contributed by atoms with Gasteiger partial charge >= 0.3 is 0 Å². The first-order chi connectivity index (χ1) is 19.6. The van der Waals surface area contributed by atoms with E-state index in [9.17, 15) is 14.0 Å². The number of hydrogen-bond donors (Lipinski definition) is 1. The lowest BCUT2D eigenvalue weighted by atomic mass is 10.0. The zero-order valence-corrected chi connectivity index (χ0v) is 24.8. The zero-order chi connectivity index (χ0) is 29.5. The van der Waals surface area contributed by atoms with Crippen LogP contribution >= 0.6 is 23.4 Å². The molecule has 0 fully saturated rings. The highest BCUT2D eigenvalue weighted by Gasteiger charge is 2.32. The molecular weight excluding hydrogens is 561 g/mol. The van der Waals surface area contributed by atoms with Crippen molar-refractivity contribution in [2.45, 2.75) is 31.6 Å². The van der Waals surface area contributed by atoms with E-state index in [0.29, 0.717) is 21.4 Å². The third-order valence-corrected chi connectivity index (χ3v) is 7.35. The lowest BCUT2D eigenvalue weighted by Crippen LogP contribution is -2.41. The summed E-state index contributed by atoms with van der Waals surface area (Å²) in [6.45, 7) is 3.86. The predicted molar refractivity (Wildman–Crippen MR) is 163 cm³/mol. The summed E-state index contributed by atoms with van der Waals surface area (Å²) in [6.07, 6.45) is 0. The first-order valence-electron chi connectivity index (χ1n) is 12.9. The van der Waals surface area contributed by atoms with Gasteiger partial charge in [-0.25, -0.2) is 14.4 Å². The summed E-state index contributed by atoms with van der Waals surface area (Å²) in [6, 6.07) is 20.9. The van der Waals surface area contributed by atoms with E-state index in [2.05, 4.69) is 15.3 Å². The summed E-state index contributed by atoms with van der Waals surface area (Å²) in [4.78, 5) is 40.1. The number of carbonyl (C=O) groups excluding carboxylic acids is 2. The van der Waals surface area contributed by atoms with E-state index >= 15 is 0 Å². The SMILES string of the molecule is Cc1cc(C)nc(SCC(=O)N(Cc2ccc(Cl)cc2)C(C(=O)Nc2ccc(N(C)C)cc2)c2ccc(F)cc2)n1. The summed E-state index contributed by atoms with van der Waals surface area (Å²) in [5.74, 6) is -1.17. The molecule has 4 rings (SSSR count). The number of nitrogens with one attached hydrogen (secondary N) is 1. The first-order valence-corrected chi connectivity index (χ1v) is 14.3. The molecule has 0 aliphatic heterocycles. The summed E-state index contributed by atoms with van der Waals surface area (Å²) >= 11 is 7.30. The van der Waals surface area contributed by atoms with Gasteiger partial charge in [-0.1, -0.05) is 47.6 Å². The topological polar surface area (TPSA) is 78.4 Å². The average molecular weight is 592 g/mol. The molecule has 7 nitrogen and oxygen atoms in total. The minimum absolute atomic E-state index is 0.00100. The van der Waals surface area contributed by atoms with Gasteiger partial charge in [-0.2, -0.15) is 0 Å². The molecule has 1 N–H and O–H groups in total. The van der Waals surface area contributed by atoms with Crippen LogP contribution in [-0.4, -0.2) is 46.5 Å². The van der Waals surface area contributed by atoms with E-state index in [-0.39, 0.29) is 18.2 Å². The number of carbonyl (C=O) groups is 2. The molecule has 0 bridgehead atoms. The Morgan fingerprint density at radius 1 is 0.927 bits per heavy atom. The van der Waals surface area contributed by atoms with Crippen LogP contribution in [0.4, 0.5) is 15.8 Å². The van der Waals surface area contributed by atoms with Crippen molar-refractivity contribution >= 4 is 46.6 Å². The van der Waals surface area contributed by atoms with Gasteiger partial charge in [-0.15, -0.1) is 0 Å². The Bertz CT molecular complexity index is 1480. The summed E-state index contributed by atoms with van der Waals surface area (Å²) < 4.78 is 13.9. The predicted octanol–water partition coefficient (Wildman–Crippen LogP) is 6.45. The summed E-state index contributed by atoms with van der Waals surface area (Å²) in [5, 5.41) is 3.98. The van der Waals surface area contributed by atoms with Crippen LogP contribution in [0.2, 0.25) is 5.02 Å². The Balaban J connectivity index is 1.69. The van der Waals surface area contributed by atoms with Crippen molar-refractivity contribution in [3.63, 3.8) is 0 Å². The summed E-state index contributed by atoms with van der Waals surface area (Å²) in [7, 11) is 3.86. The van der Waals surface area contributed by atoms with Gasteiger partial charge in [-0.3, -0.25) is 9.59 Å². The molecule has 1 unspecified atom stereocenters. The van der Waals surface area contributed by atoms with Crippen LogP contribution in [0.5, 0.6) is 0 Å². The van der Waals surface area contributed by atoms with Gasteiger partial charge < -0.3 is 15.1 Å². The van der Waals surface area contributed by atoms with Crippen LogP contribution < -0.4 is 10.2 Å². The standard InChI is InChI=1S/C31H31ClFN5O2S/c1-20-17-21(2)35-31(34-20)41-19-28(39)38(18-22-5-9-24(32)10-6-22)29(23-7-11-25(33)12-8-23)30(40)36-26-13-15-27(16-14-26)37(3)4/h5-17,29H,18-19H2,1-4H3,(H,36,40). The second kappa shape index (κ2) is 13.6. The number of aryl methyl sites for hydroxylation is 2. The number of benzene rings is 3. The molecule has 0 spiro atoms. The molecule has 2 amide bonds. The van der Waals surface area contributed by atoms with Gasteiger partial charge in [0.2, 0.25) is 5.91 Å². The number of hydrogen-bond acceptors (Lipinski definition) is 6. The van der Waals surface area contributed by atoms with Gasteiger partial charge in [0, 0.05) is 48.4 Å². The van der Waals surface area contributed by atoms with Gasteiger partial charge in [0.05, 0.1) is 5.75 Å². The Labute approximate surface area is 248 Å². The fourth-order valence-corrected chi connectivity index (χ4v) is 5.21. The number of nitrogens with zero attached hydrogens (tertiary/aromatic N) is 4. The number of amides is 2. The molecule has 0 saturated carbocycles. The quantitative estimate of drug-likeness (QED) is 0.169. The molecule has 4 aromatic rings. The minimum Gasteiger partial charge on any atom is -0.378 e. The largest absolute Gasteiger partial charge is 0.378 e. The van der Waals surface area contributed by atoms with Gasteiger partial charge in [0.25, 0.3) is 5.91 Å². The number of anilines is 2. The highest BCUT2D eigenvalue weighted by molar-refractivity contribution is 7.99. The monoisotopic (exact) mass is 591 g/mol. The smallest absolute Gasteiger partial charge is 0.251 e. The fraction of sp³-hybridized carbons (Fsp3) is 0.226. The Kier molecular flexibility index (Phi) is 9.96. The molecule has 0 saturated heterocycles. The molecule has 41 heavy (non-hydrogen) atoms. The van der Waals surface area contributed by atoms with E-state index in [0.717, 1.165) is 22.6 Å². The van der Waals surface area contributed by atoms with E-state index in [1.54, 1.807) is 24.3 Å². The van der Waals surface area contributed by atoms with Gasteiger partial charge in [0.15, 0.2) is 5.16 Å². The number of halogens is 2. The lowest BCUT2D eigenvalue weighted by molar-refractivity contribution is -0.137. The third-order valence-electron chi connectivity index (χ3n) is 6.27.